The zero-order valence-electron chi connectivity index (χ0n) is 18.2. The Kier molecular flexibility index (Phi) is 6.12. The maximum Gasteiger partial charge on any atom is 0.216 e. The van der Waals surface area contributed by atoms with Gasteiger partial charge in [-0.05, 0) is 24.6 Å². The number of hydrogen-bond donors (Lipinski definition) is 0. The fraction of sp³-hybridized carbons (Fsp3) is 0.0385. The second kappa shape index (κ2) is 9.36. The van der Waals surface area contributed by atoms with Crippen LogP contribution in [0.4, 0.5) is 5.69 Å². The summed E-state index contributed by atoms with van der Waals surface area (Å²) in [5, 5.41) is 6.22. The van der Waals surface area contributed by atoms with Gasteiger partial charge in [-0.2, -0.15) is 28.8 Å². The summed E-state index contributed by atoms with van der Waals surface area (Å²) in [7, 11) is 1.94. The Balaban J connectivity index is 0.00000241. The minimum atomic E-state index is -0.124. The van der Waals surface area contributed by atoms with E-state index in [9.17, 15) is 0 Å². The molecule has 170 valence electrons. The quantitative estimate of drug-likeness (QED) is 0.228. The van der Waals surface area contributed by atoms with Gasteiger partial charge in [0.05, 0.1) is 6.34 Å². The van der Waals surface area contributed by atoms with Crippen molar-refractivity contribution in [1.82, 2.24) is 9.88 Å². The Bertz CT molecular complexity index is 1350. The van der Waals surface area contributed by atoms with E-state index in [0.29, 0.717) is 11.6 Å². The zero-order chi connectivity index (χ0) is 22.2. The van der Waals surface area contributed by atoms with E-state index >= 15 is 0 Å². The molecule has 4 aromatic rings. The summed E-state index contributed by atoms with van der Waals surface area (Å²) in [6.45, 7) is 1.79. The number of benzene rings is 3. The summed E-state index contributed by atoms with van der Waals surface area (Å²) in [6.07, 6.45) is 3.46. The Morgan fingerprint density at radius 2 is 1.82 bits per heavy atom. The molecule has 0 N–H and O–H groups in total. The van der Waals surface area contributed by atoms with E-state index in [0.717, 1.165) is 33.6 Å². The average Bonchev–Trinajstić information content (AvgIpc) is 3.30. The normalized spacial score (nSPS) is 13.6. The number of pyridine rings is 1. The molecule has 0 spiro atoms. The van der Waals surface area contributed by atoms with Gasteiger partial charge < -0.3 is 19.4 Å². The molecule has 8 heteroatoms. The molecule has 6 nitrogen and oxygen atoms in total. The molecule has 1 aromatic heterocycles. The average molecular weight is 624 g/mol. The largest absolute Gasteiger partial charge is 0.518 e. The molecular weight excluding hydrogens is 606 g/mol. The first-order chi connectivity index (χ1) is 16.2. The molecule has 0 saturated carbocycles. The summed E-state index contributed by atoms with van der Waals surface area (Å²) < 4.78 is 12.2. The van der Waals surface area contributed by atoms with E-state index in [1.807, 2.05) is 79.3 Å². The first kappa shape index (κ1) is 22.2. The van der Waals surface area contributed by atoms with Crippen molar-refractivity contribution in [3.63, 3.8) is 0 Å². The third kappa shape index (κ3) is 4.19. The molecule has 2 aliphatic rings. The van der Waals surface area contributed by atoms with Gasteiger partial charge in [-0.15, -0.1) is 36.4 Å². The van der Waals surface area contributed by atoms with Crippen LogP contribution >= 0.6 is 0 Å². The molecule has 0 unspecified atom stereocenters. The SMILES string of the molecule is CN1C=NN(c2[c-]c(B3c4[c-]c(Oc5ccccn5)ccc4Oc4ccccc43)ccc2)[CH-]1.[Pt]. The third-order valence-electron chi connectivity index (χ3n) is 5.51. The molecule has 3 heterocycles. The first-order valence-corrected chi connectivity index (χ1v) is 10.6. The van der Waals surface area contributed by atoms with Gasteiger partial charge in [-0.3, -0.25) is 0 Å². The molecule has 2 aliphatic heterocycles. The molecule has 0 bridgehead atoms. The molecule has 0 amide bonds. The minimum absolute atomic E-state index is 0. The van der Waals surface area contributed by atoms with Gasteiger partial charge in [0, 0.05) is 44.8 Å². The zero-order valence-corrected chi connectivity index (χ0v) is 20.4. The fourth-order valence-corrected chi connectivity index (χ4v) is 4.04. The number of hydrogen-bond acceptors (Lipinski definition) is 6. The second-order valence-electron chi connectivity index (χ2n) is 7.79. The van der Waals surface area contributed by atoms with Crippen LogP contribution in [0.25, 0.3) is 0 Å². The van der Waals surface area contributed by atoms with Crippen LogP contribution in [-0.4, -0.2) is 30.0 Å². The smallest absolute Gasteiger partial charge is 0.216 e. The van der Waals surface area contributed by atoms with Gasteiger partial charge in [0.2, 0.25) is 5.88 Å². The van der Waals surface area contributed by atoms with Crippen LogP contribution in [0.5, 0.6) is 23.1 Å². The van der Waals surface area contributed by atoms with Gasteiger partial charge in [-0.1, -0.05) is 30.0 Å². The van der Waals surface area contributed by atoms with Crippen molar-refractivity contribution < 1.29 is 30.5 Å². The number of ether oxygens (including phenoxy) is 2. The van der Waals surface area contributed by atoms with E-state index < -0.39 is 0 Å². The molecule has 6 rings (SSSR count). The maximum atomic E-state index is 6.22. The number of anilines is 1. The van der Waals surface area contributed by atoms with Crippen LogP contribution in [0.3, 0.4) is 0 Å². The molecule has 34 heavy (non-hydrogen) atoms. The molecule has 0 radical (unpaired) electrons. The molecule has 0 saturated heterocycles. The van der Waals surface area contributed by atoms with E-state index in [1.54, 1.807) is 17.5 Å². The van der Waals surface area contributed by atoms with Crippen molar-refractivity contribution in [3.8, 4) is 23.1 Å². The van der Waals surface area contributed by atoms with Crippen molar-refractivity contribution in [2.45, 2.75) is 0 Å². The Labute approximate surface area is 213 Å². The van der Waals surface area contributed by atoms with Gasteiger partial charge in [0.25, 0.3) is 0 Å². The van der Waals surface area contributed by atoms with E-state index in [1.165, 1.54) is 0 Å². The predicted molar refractivity (Wildman–Crippen MR) is 129 cm³/mol. The summed E-state index contributed by atoms with van der Waals surface area (Å²) in [5.74, 6) is 2.67. The molecule has 0 fully saturated rings. The van der Waals surface area contributed by atoms with Crippen LogP contribution in [-0.2, 0) is 21.1 Å². The van der Waals surface area contributed by atoms with Crippen molar-refractivity contribution in [2.24, 2.45) is 5.10 Å². The van der Waals surface area contributed by atoms with Gasteiger partial charge >= 0.3 is 0 Å². The van der Waals surface area contributed by atoms with E-state index in [4.69, 9.17) is 9.47 Å². The predicted octanol–water partition coefficient (Wildman–Crippen LogP) is 2.91. The third-order valence-corrected chi connectivity index (χ3v) is 5.51. The maximum absolute atomic E-state index is 6.22. The summed E-state index contributed by atoms with van der Waals surface area (Å²) in [4.78, 5) is 6.15. The molecular formula is C26H18BN4O2Pt-3. The molecule has 0 aliphatic carbocycles. The summed E-state index contributed by atoms with van der Waals surface area (Å²) >= 11 is 0. The van der Waals surface area contributed by atoms with Crippen LogP contribution in [0.2, 0.25) is 0 Å². The van der Waals surface area contributed by atoms with Crippen molar-refractivity contribution in [1.29, 1.82) is 0 Å². The number of rotatable bonds is 4. The minimum Gasteiger partial charge on any atom is -0.518 e. The van der Waals surface area contributed by atoms with Crippen molar-refractivity contribution >= 4 is 35.1 Å². The van der Waals surface area contributed by atoms with Crippen LogP contribution < -0.4 is 30.9 Å². The topological polar surface area (TPSA) is 50.2 Å². The van der Waals surface area contributed by atoms with E-state index in [-0.39, 0.29) is 27.8 Å². The van der Waals surface area contributed by atoms with Crippen LogP contribution in [0.15, 0.2) is 84.1 Å². The summed E-state index contributed by atoms with van der Waals surface area (Å²) in [5.41, 5.74) is 3.80. The summed E-state index contributed by atoms with van der Waals surface area (Å²) in [6, 6.07) is 30.5. The van der Waals surface area contributed by atoms with Crippen molar-refractivity contribution in [2.75, 3.05) is 12.1 Å². The van der Waals surface area contributed by atoms with Gasteiger partial charge in [0.1, 0.15) is 5.75 Å². The van der Waals surface area contributed by atoms with E-state index in [2.05, 4.69) is 34.4 Å². The number of hydrazone groups is 1. The number of para-hydroxylation sites is 1. The fourth-order valence-electron chi connectivity index (χ4n) is 4.04. The first-order valence-electron chi connectivity index (χ1n) is 10.6. The Morgan fingerprint density at radius 3 is 2.65 bits per heavy atom. The second-order valence-corrected chi connectivity index (χ2v) is 7.79. The standard InChI is InChI=1S/C26H18BN4O2.Pt/c1-30-17-29-31(18-30)20-8-6-7-19(15-20)27-22-9-2-3-10-24(22)33-25-13-12-21(16-23(25)27)32-26-11-4-5-14-28-26;/h2-14,17-18H,1H3;/q-3;. The molecule has 0 atom stereocenters. The number of aromatic nitrogens is 1. The Morgan fingerprint density at radius 1 is 0.941 bits per heavy atom. The van der Waals surface area contributed by atoms with Gasteiger partial charge in [0.15, 0.2) is 6.71 Å². The monoisotopic (exact) mass is 624 g/mol. The van der Waals surface area contributed by atoms with Crippen LogP contribution in [0.1, 0.15) is 0 Å². The van der Waals surface area contributed by atoms with Gasteiger partial charge in [-0.25, -0.2) is 4.98 Å². The van der Waals surface area contributed by atoms with Crippen molar-refractivity contribution in [3.05, 3.63) is 97.8 Å². The molecule has 3 aromatic carbocycles. The Hall–Kier alpha value is -3.57. The number of fused-ring (bicyclic) bond motifs is 2. The van der Waals surface area contributed by atoms with Crippen LogP contribution in [0, 0.1) is 18.8 Å². The number of nitrogens with zero attached hydrogens (tertiary/aromatic N) is 4.